The molecule has 2 saturated carbocycles. The van der Waals surface area contributed by atoms with Crippen molar-refractivity contribution in [1.82, 2.24) is 4.90 Å². The van der Waals surface area contributed by atoms with E-state index in [4.69, 9.17) is 21.7 Å². The molecule has 1 aromatic rings. The molecule has 6 heteroatoms. The van der Waals surface area contributed by atoms with E-state index in [0.29, 0.717) is 5.92 Å². The van der Waals surface area contributed by atoms with E-state index in [9.17, 15) is 4.79 Å². The predicted octanol–water partition coefficient (Wildman–Crippen LogP) is 3.41. The van der Waals surface area contributed by atoms with Crippen LogP contribution in [0.3, 0.4) is 0 Å². The first kappa shape index (κ1) is 15.9. The number of fused-ring (bicyclic) bond motifs is 1. The summed E-state index contributed by atoms with van der Waals surface area (Å²) < 4.78 is 10.8. The third-order valence-corrected chi connectivity index (χ3v) is 8.46. The smallest absolute Gasteiger partial charge is 0.414 e. The topological polar surface area (TPSA) is 42.0 Å². The minimum absolute atomic E-state index is 0.0116. The maximum Gasteiger partial charge on any atom is 0.414 e. The Balaban J connectivity index is 1.56. The van der Waals surface area contributed by atoms with Crippen LogP contribution >= 0.6 is 12.2 Å². The van der Waals surface area contributed by atoms with Gasteiger partial charge in [-0.2, -0.15) is 0 Å². The normalized spacial score (nSPS) is 39.5. The first-order chi connectivity index (χ1) is 13.0. The van der Waals surface area contributed by atoms with Gasteiger partial charge in [-0.1, -0.05) is 18.3 Å². The molecule has 0 aromatic heterocycles. The van der Waals surface area contributed by atoms with Gasteiger partial charge in [-0.3, -0.25) is 4.90 Å². The lowest BCUT2D eigenvalue weighted by atomic mass is 9.78. The first-order valence-corrected chi connectivity index (χ1v) is 10.0. The summed E-state index contributed by atoms with van der Waals surface area (Å²) in [6.07, 6.45) is 8.26. The molecule has 1 aromatic carbocycles. The van der Waals surface area contributed by atoms with Gasteiger partial charge in [0.2, 0.25) is 0 Å². The van der Waals surface area contributed by atoms with E-state index in [1.54, 1.807) is 7.11 Å². The molecule has 3 spiro atoms. The highest BCUT2D eigenvalue weighted by Crippen LogP contribution is 2.81. The Morgan fingerprint density at radius 2 is 2.11 bits per heavy atom. The summed E-state index contributed by atoms with van der Waals surface area (Å²) in [5.74, 6) is 1.29. The Hall–Kier alpha value is -2.08. The summed E-state index contributed by atoms with van der Waals surface area (Å²) >= 11 is 5.64. The molecule has 3 heterocycles. The number of rotatable bonds is 1. The van der Waals surface area contributed by atoms with E-state index < -0.39 is 0 Å². The number of carbonyl (C=O) groups is 1. The van der Waals surface area contributed by atoms with Crippen molar-refractivity contribution in [3.8, 4) is 5.75 Å². The van der Waals surface area contributed by atoms with Crippen molar-refractivity contribution in [2.75, 3.05) is 25.7 Å². The third-order valence-electron chi connectivity index (χ3n) is 8.11. The van der Waals surface area contributed by atoms with Gasteiger partial charge in [-0.15, -0.1) is 0 Å². The second-order valence-corrected chi connectivity index (χ2v) is 8.94. The molecule has 0 unspecified atom stereocenters. The van der Waals surface area contributed by atoms with Gasteiger partial charge >= 0.3 is 6.09 Å². The van der Waals surface area contributed by atoms with Crippen LogP contribution in [-0.4, -0.2) is 47.8 Å². The molecule has 2 aliphatic carbocycles. The van der Waals surface area contributed by atoms with Crippen molar-refractivity contribution >= 4 is 29.0 Å². The van der Waals surface area contributed by atoms with E-state index in [0.717, 1.165) is 48.7 Å². The maximum atomic E-state index is 12.9. The quantitative estimate of drug-likeness (QED) is 0.697. The fraction of sp³-hybridized carbons (Fsp3) is 0.524. The molecule has 0 radical (unpaired) electrons. The van der Waals surface area contributed by atoms with Gasteiger partial charge in [-0.05, 0) is 61.4 Å². The molecular formula is C21H22N2O3S. The number of thiocarbonyl (C=S) groups is 1. The van der Waals surface area contributed by atoms with Crippen LogP contribution in [0.15, 0.2) is 30.4 Å². The zero-order valence-electron chi connectivity index (χ0n) is 15.5. The van der Waals surface area contributed by atoms with Gasteiger partial charge in [0, 0.05) is 12.0 Å². The Morgan fingerprint density at radius 3 is 2.89 bits per heavy atom. The molecular weight excluding hydrogens is 360 g/mol. The summed E-state index contributed by atoms with van der Waals surface area (Å²) in [5.41, 5.74) is 2.13. The number of amides is 1. The lowest BCUT2D eigenvalue weighted by Gasteiger charge is -2.46. The fourth-order valence-electron chi connectivity index (χ4n) is 7.09. The highest BCUT2D eigenvalue weighted by atomic mass is 32.1. The molecule has 1 amide bonds. The fourth-order valence-corrected chi connectivity index (χ4v) is 7.43. The maximum absolute atomic E-state index is 12.9. The lowest BCUT2D eigenvalue weighted by molar-refractivity contribution is 0.145. The Labute approximate surface area is 163 Å². The van der Waals surface area contributed by atoms with Crippen LogP contribution in [0.25, 0.3) is 0 Å². The van der Waals surface area contributed by atoms with Crippen LogP contribution < -0.4 is 9.64 Å². The van der Waals surface area contributed by atoms with Gasteiger partial charge in [0.1, 0.15) is 10.7 Å². The van der Waals surface area contributed by atoms with Crippen LogP contribution in [0.2, 0.25) is 0 Å². The highest BCUT2D eigenvalue weighted by molar-refractivity contribution is 7.80. The molecule has 0 N–H and O–H groups in total. The molecule has 4 atom stereocenters. The Kier molecular flexibility index (Phi) is 2.75. The number of carbonyl (C=O) groups excluding carboxylic acids is 1. The van der Waals surface area contributed by atoms with E-state index in [1.807, 2.05) is 17.0 Å². The van der Waals surface area contributed by atoms with E-state index >= 15 is 0 Å². The standard InChI is InChI=1S/C21H22N2O3S/c1-25-13-3-4-15-14(11-13)20-9-10-22-17(27)5-6-19(22)7-8-21(20,16(20)12-19)23(15)18(24)26-2/h3-6,11,16H,7-10,12H2,1-2H3/t16-,19-,20+,21-/m1/s1. The van der Waals surface area contributed by atoms with Crippen LogP contribution in [0.4, 0.5) is 10.5 Å². The zero-order valence-corrected chi connectivity index (χ0v) is 16.3. The summed E-state index contributed by atoms with van der Waals surface area (Å²) in [4.78, 5) is 18.3. The molecule has 27 heavy (non-hydrogen) atoms. The average molecular weight is 382 g/mol. The van der Waals surface area contributed by atoms with E-state index in [2.05, 4.69) is 23.1 Å². The van der Waals surface area contributed by atoms with Crippen molar-refractivity contribution in [3.63, 3.8) is 0 Å². The monoisotopic (exact) mass is 382 g/mol. The zero-order chi connectivity index (χ0) is 18.6. The molecule has 6 rings (SSSR count). The van der Waals surface area contributed by atoms with Gasteiger partial charge in [0.25, 0.3) is 0 Å². The van der Waals surface area contributed by atoms with Gasteiger partial charge in [0.05, 0.1) is 31.0 Å². The summed E-state index contributed by atoms with van der Waals surface area (Å²) in [6.45, 7) is 0.940. The van der Waals surface area contributed by atoms with Crippen molar-refractivity contribution < 1.29 is 14.3 Å². The molecule has 140 valence electrons. The minimum Gasteiger partial charge on any atom is -0.497 e. The van der Waals surface area contributed by atoms with Crippen LogP contribution in [0, 0.1) is 5.92 Å². The molecule has 5 nitrogen and oxygen atoms in total. The molecule has 3 fully saturated rings. The van der Waals surface area contributed by atoms with E-state index in [1.165, 1.54) is 12.7 Å². The second-order valence-electron chi connectivity index (χ2n) is 8.52. The third kappa shape index (κ3) is 1.49. The summed E-state index contributed by atoms with van der Waals surface area (Å²) in [7, 11) is 3.18. The number of anilines is 1. The minimum atomic E-state index is -0.239. The largest absolute Gasteiger partial charge is 0.497 e. The molecule has 2 bridgehead atoms. The van der Waals surface area contributed by atoms with Gasteiger partial charge < -0.3 is 14.4 Å². The number of benzene rings is 1. The number of nitrogens with zero attached hydrogens (tertiary/aromatic N) is 2. The lowest BCUT2D eigenvalue weighted by Crippen LogP contribution is -2.55. The Bertz CT molecular complexity index is 945. The van der Waals surface area contributed by atoms with Crippen molar-refractivity contribution in [3.05, 3.63) is 35.9 Å². The molecule has 3 aliphatic heterocycles. The van der Waals surface area contributed by atoms with E-state index in [-0.39, 0.29) is 22.6 Å². The average Bonchev–Trinajstić information content (AvgIpc) is 3.09. The summed E-state index contributed by atoms with van der Waals surface area (Å²) in [5, 5.41) is 0. The van der Waals surface area contributed by atoms with Gasteiger partial charge in [0.15, 0.2) is 0 Å². The summed E-state index contributed by atoms with van der Waals surface area (Å²) in [6, 6.07) is 6.12. The van der Waals surface area contributed by atoms with Gasteiger partial charge in [-0.25, -0.2) is 4.79 Å². The van der Waals surface area contributed by atoms with Crippen molar-refractivity contribution in [1.29, 1.82) is 0 Å². The number of methoxy groups -OCH3 is 2. The second kappa shape index (κ2) is 4.66. The number of hydrogen-bond donors (Lipinski definition) is 0. The van der Waals surface area contributed by atoms with Crippen molar-refractivity contribution in [2.45, 2.75) is 42.2 Å². The number of hydrogen-bond acceptors (Lipinski definition) is 4. The van der Waals surface area contributed by atoms with Crippen molar-refractivity contribution in [2.24, 2.45) is 5.92 Å². The van der Waals surface area contributed by atoms with Crippen LogP contribution in [0.1, 0.15) is 31.2 Å². The Morgan fingerprint density at radius 1 is 1.26 bits per heavy atom. The SMILES string of the molecule is COC(=O)N1c2ccc(OC)cc2[C@]23CCN4C(=S)C=C[C@]45CC[C@]12[C@@H]3C5. The molecule has 1 saturated heterocycles. The van der Waals surface area contributed by atoms with Crippen LogP contribution in [0.5, 0.6) is 5.75 Å². The predicted molar refractivity (Wildman–Crippen MR) is 105 cm³/mol. The van der Waals surface area contributed by atoms with Crippen LogP contribution in [-0.2, 0) is 10.2 Å². The first-order valence-electron chi connectivity index (χ1n) is 9.62. The highest BCUT2D eigenvalue weighted by Gasteiger charge is 2.86. The molecule has 5 aliphatic rings. The number of ether oxygens (including phenoxy) is 2.